The summed E-state index contributed by atoms with van der Waals surface area (Å²) in [5, 5.41) is 1.18. The Morgan fingerprint density at radius 2 is 2.18 bits per heavy atom. The van der Waals surface area contributed by atoms with Gasteiger partial charge in [-0.15, -0.1) is 0 Å². The molecule has 1 aromatic rings. The van der Waals surface area contributed by atoms with Crippen molar-refractivity contribution in [1.29, 1.82) is 0 Å². The van der Waals surface area contributed by atoms with Crippen LogP contribution in [0.15, 0.2) is 12.1 Å². The first-order chi connectivity index (χ1) is 5.24. The van der Waals surface area contributed by atoms with Gasteiger partial charge in [0.2, 0.25) is 0 Å². The number of pyridine rings is 1. The zero-order chi connectivity index (χ0) is 8.27. The molecule has 0 spiro atoms. The van der Waals surface area contributed by atoms with Crippen LogP contribution in [0.2, 0.25) is 10.2 Å². The van der Waals surface area contributed by atoms with E-state index in [1.807, 2.05) is 6.26 Å². The summed E-state index contributed by atoms with van der Waals surface area (Å²) in [5.74, 6) is 0.805. The molecule has 0 aliphatic heterocycles. The fraction of sp³-hybridized carbons (Fsp3) is 0.286. The van der Waals surface area contributed by atoms with Gasteiger partial charge in [-0.2, -0.15) is 11.8 Å². The van der Waals surface area contributed by atoms with Gasteiger partial charge >= 0.3 is 0 Å². The summed E-state index contributed by atoms with van der Waals surface area (Å²) in [4.78, 5) is 4.08. The Balaban J connectivity index is 2.93. The number of halogens is 2. The number of nitrogens with zero attached hydrogens (tertiary/aromatic N) is 1. The zero-order valence-electron chi connectivity index (χ0n) is 5.97. The molecule has 1 rings (SSSR count). The highest BCUT2D eigenvalue weighted by Gasteiger charge is 2.00. The Bertz CT molecular complexity index is 252. The van der Waals surface area contributed by atoms with Crippen molar-refractivity contribution in [3.05, 3.63) is 28.0 Å². The fourth-order valence-electron chi connectivity index (χ4n) is 0.696. The Hall–Kier alpha value is 0.0800. The van der Waals surface area contributed by atoms with Gasteiger partial charge in [0, 0.05) is 5.75 Å². The number of hydrogen-bond acceptors (Lipinski definition) is 2. The van der Waals surface area contributed by atoms with Gasteiger partial charge in [-0.3, -0.25) is 0 Å². The van der Waals surface area contributed by atoms with E-state index in [1.165, 1.54) is 0 Å². The molecule has 0 saturated carbocycles. The first-order valence-electron chi connectivity index (χ1n) is 3.04. The average Bonchev–Trinajstić information content (AvgIpc) is 1.98. The molecule has 11 heavy (non-hydrogen) atoms. The highest BCUT2D eigenvalue weighted by Crippen LogP contribution is 2.19. The maximum atomic E-state index is 5.84. The molecule has 1 nitrogen and oxygen atoms in total. The second-order valence-electron chi connectivity index (χ2n) is 2.00. The molecule has 0 atom stereocenters. The minimum atomic E-state index is 0.499. The fourth-order valence-corrected chi connectivity index (χ4v) is 1.61. The van der Waals surface area contributed by atoms with Gasteiger partial charge < -0.3 is 0 Å². The van der Waals surface area contributed by atoms with Crippen LogP contribution in [0.5, 0.6) is 0 Å². The molecule has 0 amide bonds. The van der Waals surface area contributed by atoms with Crippen LogP contribution in [0.3, 0.4) is 0 Å². The molecule has 0 radical (unpaired) electrons. The quantitative estimate of drug-likeness (QED) is 0.692. The van der Waals surface area contributed by atoms with E-state index in [2.05, 4.69) is 4.98 Å². The summed E-state index contributed by atoms with van der Waals surface area (Å²) in [6, 6.07) is 3.45. The van der Waals surface area contributed by atoms with Crippen LogP contribution in [0, 0.1) is 0 Å². The molecule has 0 aromatic carbocycles. The van der Waals surface area contributed by atoms with Gasteiger partial charge in [0.15, 0.2) is 0 Å². The second-order valence-corrected chi connectivity index (χ2v) is 3.66. The van der Waals surface area contributed by atoms with Crippen molar-refractivity contribution in [1.82, 2.24) is 4.98 Å². The van der Waals surface area contributed by atoms with Gasteiger partial charge in [0.1, 0.15) is 5.15 Å². The molecular weight excluding hydrogens is 201 g/mol. The predicted molar refractivity (Wildman–Crippen MR) is 51.5 cm³/mol. The molecule has 0 bridgehead atoms. The largest absolute Gasteiger partial charge is 0.239 e. The van der Waals surface area contributed by atoms with E-state index in [1.54, 1.807) is 23.9 Å². The Kier molecular flexibility index (Phi) is 3.49. The third-order valence-corrected chi connectivity index (χ3v) is 2.28. The summed E-state index contributed by atoms with van der Waals surface area (Å²) in [5.41, 5.74) is 0.853. The van der Waals surface area contributed by atoms with Crippen LogP contribution in [0.4, 0.5) is 0 Å². The van der Waals surface area contributed by atoms with E-state index < -0.39 is 0 Å². The normalized spacial score (nSPS) is 10.1. The van der Waals surface area contributed by atoms with Crippen molar-refractivity contribution >= 4 is 35.0 Å². The van der Waals surface area contributed by atoms with Gasteiger partial charge in [-0.25, -0.2) is 4.98 Å². The molecule has 60 valence electrons. The second kappa shape index (κ2) is 4.19. The summed E-state index contributed by atoms with van der Waals surface area (Å²) in [7, 11) is 0. The van der Waals surface area contributed by atoms with E-state index >= 15 is 0 Å². The summed E-state index contributed by atoms with van der Waals surface area (Å²) < 4.78 is 0. The minimum absolute atomic E-state index is 0.499. The smallest absolute Gasteiger partial charge is 0.129 e. The lowest BCUT2D eigenvalue weighted by atomic mass is 10.4. The summed E-state index contributed by atoms with van der Waals surface area (Å²) >= 11 is 13.2. The molecule has 0 aliphatic rings. The Morgan fingerprint density at radius 3 is 2.82 bits per heavy atom. The third-order valence-electron chi connectivity index (χ3n) is 1.17. The SMILES string of the molecule is CSCc1nc(Cl)ccc1Cl. The molecule has 1 heterocycles. The Morgan fingerprint density at radius 1 is 1.45 bits per heavy atom. The highest BCUT2D eigenvalue weighted by atomic mass is 35.5. The maximum absolute atomic E-state index is 5.84. The molecule has 0 saturated heterocycles. The van der Waals surface area contributed by atoms with Crippen LogP contribution in [-0.4, -0.2) is 11.2 Å². The monoisotopic (exact) mass is 207 g/mol. The van der Waals surface area contributed by atoms with Crippen LogP contribution < -0.4 is 0 Å². The van der Waals surface area contributed by atoms with Crippen molar-refractivity contribution in [2.75, 3.05) is 6.26 Å². The number of rotatable bonds is 2. The molecule has 0 unspecified atom stereocenters. The van der Waals surface area contributed by atoms with Gasteiger partial charge in [-0.1, -0.05) is 23.2 Å². The molecule has 1 aromatic heterocycles. The predicted octanol–water partition coefficient (Wildman–Crippen LogP) is 3.25. The number of aromatic nitrogens is 1. The van der Waals surface area contributed by atoms with E-state index in [-0.39, 0.29) is 0 Å². The first-order valence-corrected chi connectivity index (χ1v) is 5.19. The van der Waals surface area contributed by atoms with Crippen molar-refractivity contribution < 1.29 is 0 Å². The zero-order valence-corrected chi connectivity index (χ0v) is 8.30. The van der Waals surface area contributed by atoms with Crippen LogP contribution in [0.25, 0.3) is 0 Å². The summed E-state index contributed by atoms with van der Waals surface area (Å²) in [6.07, 6.45) is 2.00. The number of thioether (sulfide) groups is 1. The molecular formula is C7H7Cl2NS. The molecule has 4 heteroatoms. The number of hydrogen-bond donors (Lipinski definition) is 0. The van der Waals surface area contributed by atoms with Gasteiger partial charge in [0.25, 0.3) is 0 Å². The first kappa shape index (κ1) is 9.17. The lowest BCUT2D eigenvalue weighted by Gasteiger charge is -2.00. The minimum Gasteiger partial charge on any atom is -0.239 e. The summed E-state index contributed by atoms with van der Waals surface area (Å²) in [6.45, 7) is 0. The Labute approximate surface area is 80.1 Å². The molecule has 0 fully saturated rings. The molecule has 0 N–H and O–H groups in total. The van der Waals surface area contributed by atoms with Crippen molar-refractivity contribution in [2.24, 2.45) is 0 Å². The highest BCUT2D eigenvalue weighted by molar-refractivity contribution is 7.97. The average molecular weight is 208 g/mol. The van der Waals surface area contributed by atoms with Gasteiger partial charge in [-0.05, 0) is 18.4 Å². The third kappa shape index (κ3) is 2.55. The van der Waals surface area contributed by atoms with Crippen LogP contribution >= 0.6 is 35.0 Å². The van der Waals surface area contributed by atoms with E-state index in [4.69, 9.17) is 23.2 Å². The van der Waals surface area contributed by atoms with Crippen LogP contribution in [0.1, 0.15) is 5.69 Å². The van der Waals surface area contributed by atoms with Crippen molar-refractivity contribution in [2.45, 2.75) is 5.75 Å². The van der Waals surface area contributed by atoms with Crippen molar-refractivity contribution in [3.63, 3.8) is 0 Å². The van der Waals surface area contributed by atoms with E-state index in [9.17, 15) is 0 Å². The lowest BCUT2D eigenvalue weighted by Crippen LogP contribution is -1.87. The van der Waals surface area contributed by atoms with Gasteiger partial charge in [0.05, 0.1) is 10.7 Å². The van der Waals surface area contributed by atoms with Crippen molar-refractivity contribution in [3.8, 4) is 0 Å². The lowest BCUT2D eigenvalue weighted by molar-refractivity contribution is 1.18. The van der Waals surface area contributed by atoms with Crippen LogP contribution in [-0.2, 0) is 5.75 Å². The standard InChI is InChI=1S/C7H7Cl2NS/c1-11-4-6-5(8)2-3-7(9)10-6/h2-3H,4H2,1H3. The van der Waals surface area contributed by atoms with E-state index in [0.29, 0.717) is 10.2 Å². The topological polar surface area (TPSA) is 12.9 Å². The maximum Gasteiger partial charge on any atom is 0.129 e. The van der Waals surface area contributed by atoms with E-state index in [0.717, 1.165) is 11.4 Å². The molecule has 0 aliphatic carbocycles.